The van der Waals surface area contributed by atoms with Gasteiger partial charge in [-0.25, -0.2) is 14.4 Å². The van der Waals surface area contributed by atoms with Gasteiger partial charge in [0.2, 0.25) is 0 Å². The number of carboxylic acids is 3. The number of hydrogen-bond donors (Lipinski definition) is 4. The van der Waals surface area contributed by atoms with Crippen LogP contribution in [0.5, 0.6) is 0 Å². The molecule has 7 nitrogen and oxygen atoms in total. The number of hydrogen-bond acceptors (Lipinski definition) is 4. The van der Waals surface area contributed by atoms with E-state index in [1.54, 1.807) is 0 Å². The van der Waals surface area contributed by atoms with Crippen LogP contribution in [0.3, 0.4) is 0 Å². The average Bonchev–Trinajstić information content (AvgIpc) is 2.02. The largest absolute Gasteiger partial charge is 0.478 e. The molecule has 7 heteroatoms. The maximum absolute atomic E-state index is 10.4. The molecule has 0 spiro atoms. The minimum absolute atomic E-state index is 0.485. The second kappa shape index (κ2) is 4.65. The number of nitrogens with two attached hydrogens (primary N) is 1. The highest BCUT2D eigenvalue weighted by Gasteiger charge is 2.14. The molecule has 0 radical (unpaired) electrons. The van der Waals surface area contributed by atoms with E-state index in [4.69, 9.17) is 21.1 Å². The summed E-state index contributed by atoms with van der Waals surface area (Å²) in [6, 6.07) is 0. The Morgan fingerprint density at radius 1 is 0.929 bits per heavy atom. The van der Waals surface area contributed by atoms with Gasteiger partial charge in [-0.1, -0.05) is 0 Å². The van der Waals surface area contributed by atoms with Crippen LogP contribution in [0.2, 0.25) is 0 Å². The minimum atomic E-state index is -1.63. The Balaban J connectivity index is 5.16. The van der Waals surface area contributed by atoms with Gasteiger partial charge < -0.3 is 21.1 Å². The first-order chi connectivity index (χ1) is 6.36. The van der Waals surface area contributed by atoms with Gasteiger partial charge in [-0.2, -0.15) is 0 Å². The van der Waals surface area contributed by atoms with Crippen molar-refractivity contribution in [3.8, 4) is 0 Å². The van der Waals surface area contributed by atoms with Crippen molar-refractivity contribution in [2.45, 2.75) is 0 Å². The van der Waals surface area contributed by atoms with Crippen molar-refractivity contribution in [3.05, 3.63) is 23.4 Å². The van der Waals surface area contributed by atoms with Crippen LogP contribution in [0.1, 0.15) is 0 Å². The van der Waals surface area contributed by atoms with E-state index in [1.165, 1.54) is 0 Å². The molecule has 0 rings (SSSR count). The van der Waals surface area contributed by atoms with Gasteiger partial charge in [0.15, 0.2) is 0 Å². The Morgan fingerprint density at radius 3 is 1.71 bits per heavy atom. The van der Waals surface area contributed by atoms with Crippen LogP contribution in [-0.2, 0) is 14.4 Å². The van der Waals surface area contributed by atoms with Crippen LogP contribution in [0.4, 0.5) is 0 Å². The van der Waals surface area contributed by atoms with E-state index in [2.05, 4.69) is 0 Å². The van der Waals surface area contributed by atoms with E-state index in [-0.39, 0.29) is 0 Å². The minimum Gasteiger partial charge on any atom is -0.478 e. The lowest BCUT2D eigenvalue weighted by Crippen LogP contribution is -2.17. The van der Waals surface area contributed by atoms with Gasteiger partial charge in [-0.05, 0) is 6.08 Å². The molecule has 0 heterocycles. The van der Waals surface area contributed by atoms with Crippen molar-refractivity contribution in [1.29, 1.82) is 0 Å². The zero-order valence-corrected chi connectivity index (χ0v) is 6.80. The fourth-order valence-electron chi connectivity index (χ4n) is 0.546. The Morgan fingerprint density at radius 2 is 1.43 bits per heavy atom. The fraction of sp³-hybridized carbons (Fsp3) is 0. The molecule has 0 aromatic rings. The van der Waals surface area contributed by atoms with Crippen LogP contribution < -0.4 is 5.73 Å². The monoisotopic (exact) mass is 201 g/mol. The van der Waals surface area contributed by atoms with Crippen molar-refractivity contribution >= 4 is 17.9 Å². The first kappa shape index (κ1) is 11.7. The van der Waals surface area contributed by atoms with Gasteiger partial charge in [-0.3, -0.25) is 0 Å². The highest BCUT2D eigenvalue weighted by molar-refractivity contribution is 6.01. The van der Waals surface area contributed by atoms with E-state index < -0.39 is 29.2 Å². The summed E-state index contributed by atoms with van der Waals surface area (Å²) in [6.07, 6.45) is 1.09. The lowest BCUT2D eigenvalue weighted by atomic mass is 10.2. The second-order valence-corrected chi connectivity index (χ2v) is 2.11. The molecule has 0 aromatic heterocycles. The lowest BCUT2D eigenvalue weighted by Gasteiger charge is -1.97. The highest BCUT2D eigenvalue weighted by Crippen LogP contribution is 2.02. The average molecular weight is 201 g/mol. The molecule has 0 bridgehead atoms. The van der Waals surface area contributed by atoms with E-state index >= 15 is 0 Å². The van der Waals surface area contributed by atoms with Crippen LogP contribution in [-0.4, -0.2) is 33.2 Å². The molecule has 14 heavy (non-hydrogen) atoms. The molecular weight excluding hydrogens is 194 g/mol. The Labute approximate surface area is 77.8 Å². The third-order valence-electron chi connectivity index (χ3n) is 1.14. The maximum atomic E-state index is 10.4. The number of rotatable bonds is 4. The van der Waals surface area contributed by atoms with Crippen LogP contribution in [0, 0.1) is 0 Å². The summed E-state index contributed by atoms with van der Waals surface area (Å²) in [5.41, 5.74) is 3.20. The summed E-state index contributed by atoms with van der Waals surface area (Å²) in [5, 5.41) is 25.0. The van der Waals surface area contributed by atoms with Crippen LogP contribution in [0.25, 0.3) is 0 Å². The second-order valence-electron chi connectivity index (χ2n) is 2.11. The molecule has 0 fully saturated rings. The molecule has 0 unspecified atom stereocenters. The molecule has 76 valence electrons. The third kappa shape index (κ3) is 3.39. The summed E-state index contributed by atoms with van der Waals surface area (Å²) < 4.78 is 0. The molecule has 0 aromatic carbocycles. The predicted molar refractivity (Wildman–Crippen MR) is 43.3 cm³/mol. The fourth-order valence-corrected chi connectivity index (χ4v) is 0.546. The van der Waals surface area contributed by atoms with Gasteiger partial charge >= 0.3 is 17.9 Å². The SMILES string of the molecule is NC(C(=O)O)=C(C=CC(=O)O)C(=O)O. The smallest absolute Gasteiger partial charge is 0.352 e. The Bertz CT molecular complexity index is 340. The molecule has 5 N–H and O–H groups in total. The molecule has 0 saturated heterocycles. The van der Waals surface area contributed by atoms with E-state index in [0.29, 0.717) is 12.2 Å². The quantitative estimate of drug-likeness (QED) is 0.338. The molecule has 0 amide bonds. The van der Waals surface area contributed by atoms with E-state index in [1.807, 2.05) is 0 Å². The summed E-state index contributed by atoms with van der Waals surface area (Å²) in [6.45, 7) is 0. The van der Waals surface area contributed by atoms with Crippen molar-refractivity contribution in [2.24, 2.45) is 5.73 Å². The highest BCUT2D eigenvalue weighted by atomic mass is 16.4. The van der Waals surface area contributed by atoms with Gasteiger partial charge in [0.25, 0.3) is 0 Å². The lowest BCUT2D eigenvalue weighted by molar-refractivity contribution is -0.135. The standard InChI is InChI=1S/C7H7NO6/c8-5(7(13)14)3(6(11)12)1-2-4(9)10/h1-2H,8H2,(H,9,10)(H,11,12)(H,13,14). The summed E-state index contributed by atoms with van der Waals surface area (Å²) in [4.78, 5) is 30.7. The predicted octanol–water partition coefficient (Wildman–Crippen LogP) is -0.991. The molecule has 0 aliphatic rings. The normalized spacial score (nSPS) is 12.3. The first-order valence-electron chi connectivity index (χ1n) is 3.23. The summed E-state index contributed by atoms with van der Waals surface area (Å²) in [5.74, 6) is -4.64. The number of carboxylic acid groups (broad SMARTS) is 3. The molecule has 0 saturated carbocycles. The Kier molecular flexibility index (Phi) is 3.88. The molecule has 0 aliphatic heterocycles. The van der Waals surface area contributed by atoms with Gasteiger partial charge in [0, 0.05) is 6.08 Å². The zero-order chi connectivity index (χ0) is 11.3. The van der Waals surface area contributed by atoms with E-state index in [9.17, 15) is 14.4 Å². The topological polar surface area (TPSA) is 138 Å². The first-order valence-corrected chi connectivity index (χ1v) is 3.23. The van der Waals surface area contributed by atoms with Gasteiger partial charge in [0.1, 0.15) is 5.70 Å². The van der Waals surface area contributed by atoms with Crippen molar-refractivity contribution in [1.82, 2.24) is 0 Å². The van der Waals surface area contributed by atoms with Crippen molar-refractivity contribution < 1.29 is 29.7 Å². The molecule has 0 aliphatic carbocycles. The van der Waals surface area contributed by atoms with Crippen molar-refractivity contribution in [3.63, 3.8) is 0 Å². The Hall–Kier alpha value is -2.31. The van der Waals surface area contributed by atoms with Crippen LogP contribution in [0.15, 0.2) is 23.4 Å². The van der Waals surface area contributed by atoms with Crippen LogP contribution >= 0.6 is 0 Å². The maximum Gasteiger partial charge on any atom is 0.352 e. The van der Waals surface area contributed by atoms with Gasteiger partial charge in [0.05, 0.1) is 5.57 Å². The molecular formula is C7H7NO6. The summed E-state index contributed by atoms with van der Waals surface area (Å²) in [7, 11) is 0. The number of carbonyl (C=O) groups is 3. The third-order valence-corrected chi connectivity index (χ3v) is 1.14. The van der Waals surface area contributed by atoms with E-state index in [0.717, 1.165) is 0 Å². The van der Waals surface area contributed by atoms with Gasteiger partial charge in [-0.15, -0.1) is 0 Å². The van der Waals surface area contributed by atoms with Crippen molar-refractivity contribution in [2.75, 3.05) is 0 Å². The summed E-state index contributed by atoms with van der Waals surface area (Å²) >= 11 is 0. The number of aliphatic carboxylic acids is 3. The zero-order valence-electron chi connectivity index (χ0n) is 6.80. The molecule has 0 atom stereocenters.